The molecule has 1 N–H and O–H groups in total. The fourth-order valence-corrected chi connectivity index (χ4v) is 2.69. The van der Waals surface area contributed by atoms with Gasteiger partial charge in [0.1, 0.15) is 5.78 Å². The van der Waals surface area contributed by atoms with Gasteiger partial charge in [-0.05, 0) is 12.3 Å². The minimum atomic E-state index is -0.711. The van der Waals surface area contributed by atoms with E-state index in [4.69, 9.17) is 0 Å². The number of Topliss-reactive ketones (excluding diaryl/α,β-unsaturated/α-hetero) is 1. The van der Waals surface area contributed by atoms with Gasteiger partial charge in [0.2, 0.25) is 0 Å². The molecule has 0 amide bonds. The topological polar surface area (TPSA) is 37.3 Å². The first-order chi connectivity index (χ1) is 6.83. The fraction of sp³-hybridized carbons (Fsp3) is 0.846. The summed E-state index contributed by atoms with van der Waals surface area (Å²) in [7, 11) is 0. The summed E-state index contributed by atoms with van der Waals surface area (Å²) >= 11 is 0. The molecule has 0 spiro atoms. The number of ketones is 1. The summed E-state index contributed by atoms with van der Waals surface area (Å²) in [4.78, 5) is 11.5. The molecule has 1 radical (unpaired) electrons. The fourth-order valence-electron chi connectivity index (χ4n) is 2.69. The van der Waals surface area contributed by atoms with Crippen molar-refractivity contribution in [2.45, 2.75) is 59.0 Å². The van der Waals surface area contributed by atoms with Gasteiger partial charge in [-0.3, -0.25) is 4.79 Å². The van der Waals surface area contributed by atoms with Gasteiger partial charge in [-0.1, -0.05) is 40.5 Å². The summed E-state index contributed by atoms with van der Waals surface area (Å²) in [5, 5.41) is 10.7. The Morgan fingerprint density at radius 1 is 1.53 bits per heavy atom. The molecule has 1 saturated carbocycles. The van der Waals surface area contributed by atoms with Gasteiger partial charge in [0, 0.05) is 18.3 Å². The zero-order valence-electron chi connectivity index (χ0n) is 10.3. The average Bonchev–Trinajstić information content (AvgIpc) is 2.10. The summed E-state index contributed by atoms with van der Waals surface area (Å²) in [6, 6.07) is 0. The lowest BCUT2D eigenvalue weighted by Gasteiger charge is -2.50. The van der Waals surface area contributed by atoms with Crippen molar-refractivity contribution in [2.24, 2.45) is 11.3 Å². The molecule has 0 aromatic carbocycles. The Labute approximate surface area is 93.1 Å². The van der Waals surface area contributed by atoms with Crippen LogP contribution in [0, 0.1) is 17.8 Å². The molecule has 0 aromatic rings. The smallest absolute Gasteiger partial charge is 0.137 e. The van der Waals surface area contributed by atoms with E-state index in [0.717, 1.165) is 19.3 Å². The van der Waals surface area contributed by atoms with Crippen molar-refractivity contribution in [3.05, 3.63) is 6.42 Å². The Morgan fingerprint density at radius 3 is 2.60 bits per heavy atom. The molecule has 1 fully saturated rings. The first-order valence-corrected chi connectivity index (χ1v) is 5.93. The SMILES string of the molecule is CCCCC1(O)C(C)[CH]C(=O)CC1(C)C. The van der Waals surface area contributed by atoms with Crippen LogP contribution < -0.4 is 0 Å². The van der Waals surface area contributed by atoms with E-state index in [1.165, 1.54) is 0 Å². The van der Waals surface area contributed by atoms with Crippen LogP contribution in [0.25, 0.3) is 0 Å². The maximum absolute atomic E-state index is 11.5. The molecule has 2 unspecified atom stereocenters. The normalized spacial score (nSPS) is 35.5. The maximum Gasteiger partial charge on any atom is 0.137 e. The molecule has 0 bridgehead atoms. The van der Waals surface area contributed by atoms with Gasteiger partial charge < -0.3 is 5.11 Å². The molecule has 2 atom stereocenters. The van der Waals surface area contributed by atoms with Crippen LogP contribution >= 0.6 is 0 Å². The second kappa shape index (κ2) is 4.25. The van der Waals surface area contributed by atoms with Crippen LogP contribution in [0.4, 0.5) is 0 Å². The van der Waals surface area contributed by atoms with Crippen LogP contribution in [-0.4, -0.2) is 16.5 Å². The molecule has 0 aromatic heterocycles. The molecule has 1 aliphatic rings. The van der Waals surface area contributed by atoms with Gasteiger partial charge in [0.15, 0.2) is 0 Å². The second-order valence-corrected chi connectivity index (χ2v) is 5.51. The third-order valence-corrected chi connectivity index (χ3v) is 3.89. The van der Waals surface area contributed by atoms with Gasteiger partial charge in [0.05, 0.1) is 5.60 Å². The standard InChI is InChI=1S/C13H23O2/c1-5-6-7-13(15)10(2)8-11(14)9-12(13,3)4/h8,10,15H,5-7,9H2,1-4H3. The molecule has 87 valence electrons. The summed E-state index contributed by atoms with van der Waals surface area (Å²) in [6.07, 6.45) is 5.06. The maximum atomic E-state index is 11.5. The quantitative estimate of drug-likeness (QED) is 0.779. The van der Waals surface area contributed by atoms with Gasteiger partial charge in [-0.25, -0.2) is 0 Å². The Hall–Kier alpha value is -0.370. The van der Waals surface area contributed by atoms with Crippen molar-refractivity contribution in [1.29, 1.82) is 0 Å². The number of aliphatic hydroxyl groups is 1. The number of unbranched alkanes of at least 4 members (excludes halogenated alkanes) is 1. The molecule has 15 heavy (non-hydrogen) atoms. The van der Waals surface area contributed by atoms with Crippen molar-refractivity contribution in [3.8, 4) is 0 Å². The van der Waals surface area contributed by atoms with E-state index in [1.54, 1.807) is 6.42 Å². The van der Waals surface area contributed by atoms with Gasteiger partial charge in [0.25, 0.3) is 0 Å². The van der Waals surface area contributed by atoms with Crippen LogP contribution in [0.3, 0.4) is 0 Å². The Kier molecular flexibility index (Phi) is 3.59. The molecule has 2 heteroatoms. The Balaban J connectivity index is 2.86. The third kappa shape index (κ3) is 2.25. The third-order valence-electron chi connectivity index (χ3n) is 3.89. The van der Waals surface area contributed by atoms with Crippen LogP contribution in [0.15, 0.2) is 0 Å². The van der Waals surface area contributed by atoms with Crippen molar-refractivity contribution < 1.29 is 9.90 Å². The number of carbonyl (C=O) groups is 1. The van der Waals surface area contributed by atoms with Gasteiger partial charge in [-0.2, -0.15) is 0 Å². The molecule has 1 rings (SSSR count). The van der Waals surface area contributed by atoms with Crippen molar-refractivity contribution in [3.63, 3.8) is 0 Å². The molecule has 0 heterocycles. The lowest BCUT2D eigenvalue weighted by Crippen LogP contribution is -2.54. The van der Waals surface area contributed by atoms with E-state index < -0.39 is 5.60 Å². The number of hydrogen-bond donors (Lipinski definition) is 1. The Bertz CT molecular complexity index is 245. The minimum Gasteiger partial charge on any atom is -0.389 e. The van der Waals surface area contributed by atoms with Crippen molar-refractivity contribution in [2.75, 3.05) is 0 Å². The summed E-state index contributed by atoms with van der Waals surface area (Å²) in [6.45, 7) is 8.08. The van der Waals surface area contributed by atoms with E-state index in [9.17, 15) is 9.90 Å². The zero-order valence-corrected chi connectivity index (χ0v) is 10.3. The Morgan fingerprint density at radius 2 is 2.13 bits per heavy atom. The van der Waals surface area contributed by atoms with E-state index in [2.05, 4.69) is 6.92 Å². The summed E-state index contributed by atoms with van der Waals surface area (Å²) in [5.41, 5.74) is -1.01. The summed E-state index contributed by atoms with van der Waals surface area (Å²) in [5.74, 6) is 0.147. The van der Waals surface area contributed by atoms with Crippen LogP contribution in [0.5, 0.6) is 0 Å². The average molecular weight is 211 g/mol. The van der Waals surface area contributed by atoms with E-state index in [0.29, 0.717) is 6.42 Å². The monoisotopic (exact) mass is 211 g/mol. The lowest BCUT2D eigenvalue weighted by atomic mass is 9.59. The van der Waals surface area contributed by atoms with Crippen molar-refractivity contribution in [1.82, 2.24) is 0 Å². The first kappa shape index (κ1) is 12.7. The lowest BCUT2D eigenvalue weighted by molar-refractivity contribution is -0.147. The molecule has 1 aliphatic carbocycles. The predicted octanol–water partition coefficient (Wildman–Crippen LogP) is 2.75. The highest BCUT2D eigenvalue weighted by atomic mass is 16.3. The highest BCUT2D eigenvalue weighted by Gasteiger charge is 2.51. The largest absolute Gasteiger partial charge is 0.389 e. The van der Waals surface area contributed by atoms with Gasteiger partial charge >= 0.3 is 0 Å². The highest BCUT2D eigenvalue weighted by molar-refractivity contribution is 5.89. The highest BCUT2D eigenvalue weighted by Crippen LogP contribution is 2.47. The predicted molar refractivity (Wildman–Crippen MR) is 61.3 cm³/mol. The molecule has 0 aliphatic heterocycles. The minimum absolute atomic E-state index is 0.0275. The molecular weight excluding hydrogens is 188 g/mol. The van der Waals surface area contributed by atoms with E-state index in [-0.39, 0.29) is 17.1 Å². The number of rotatable bonds is 3. The van der Waals surface area contributed by atoms with E-state index >= 15 is 0 Å². The van der Waals surface area contributed by atoms with Crippen LogP contribution in [0.2, 0.25) is 0 Å². The summed E-state index contributed by atoms with van der Waals surface area (Å²) < 4.78 is 0. The number of carbonyl (C=O) groups excluding carboxylic acids is 1. The first-order valence-electron chi connectivity index (χ1n) is 5.93. The molecule has 2 nitrogen and oxygen atoms in total. The molecule has 0 saturated heterocycles. The van der Waals surface area contributed by atoms with Crippen LogP contribution in [0.1, 0.15) is 53.4 Å². The van der Waals surface area contributed by atoms with Crippen LogP contribution in [-0.2, 0) is 4.79 Å². The molecular formula is C13H23O2. The van der Waals surface area contributed by atoms with E-state index in [1.807, 2.05) is 20.8 Å². The van der Waals surface area contributed by atoms with Gasteiger partial charge in [-0.15, -0.1) is 0 Å². The van der Waals surface area contributed by atoms with Crippen molar-refractivity contribution >= 4 is 5.78 Å². The zero-order chi connectivity index (χ0) is 11.7. The number of hydrogen-bond acceptors (Lipinski definition) is 2. The second-order valence-electron chi connectivity index (χ2n) is 5.51.